The van der Waals surface area contributed by atoms with Crippen LogP contribution in [0.15, 0.2) is 30.5 Å². The molecule has 0 saturated heterocycles. The topological polar surface area (TPSA) is 45.5 Å². The largest absolute Gasteiger partial charge is 0.396 e. The third-order valence-electron chi connectivity index (χ3n) is 3.61. The van der Waals surface area contributed by atoms with E-state index in [1.807, 2.05) is 41.8 Å². The van der Waals surface area contributed by atoms with Crippen LogP contribution in [-0.2, 0) is 11.2 Å². The molecule has 2 rings (SSSR count). The number of para-hydroxylation sites is 1. The summed E-state index contributed by atoms with van der Waals surface area (Å²) >= 11 is 0. The molecule has 0 aliphatic carbocycles. The van der Waals surface area contributed by atoms with Crippen LogP contribution in [0.1, 0.15) is 24.6 Å². The van der Waals surface area contributed by atoms with Crippen LogP contribution < -0.4 is 0 Å². The number of likely N-dealkylation sites (N-methyl/N-ethyl adjacent to an activating group) is 1. The molecule has 1 heterocycles. The van der Waals surface area contributed by atoms with Gasteiger partial charge < -0.3 is 9.67 Å². The number of unbranched alkanes of at least 4 members (excludes halogenated alkanes) is 1. The van der Waals surface area contributed by atoms with E-state index in [4.69, 9.17) is 5.11 Å². The summed E-state index contributed by atoms with van der Waals surface area (Å²) in [6.07, 6.45) is 5.44. The molecule has 108 valence electrons. The Hall–Kier alpha value is -1.65. The Morgan fingerprint density at radius 3 is 2.70 bits per heavy atom. The van der Waals surface area contributed by atoms with Crippen molar-refractivity contribution in [2.24, 2.45) is 0 Å². The van der Waals surface area contributed by atoms with Crippen LogP contribution >= 0.6 is 0 Å². The summed E-state index contributed by atoms with van der Waals surface area (Å²) in [5.41, 5.74) is 2.32. The first kappa shape index (κ1) is 14.8. The van der Waals surface area contributed by atoms with Crippen molar-refractivity contribution in [3.63, 3.8) is 0 Å². The average molecular weight is 274 g/mol. The van der Waals surface area contributed by atoms with Gasteiger partial charge in [-0.2, -0.15) is 0 Å². The molecule has 0 bridgehead atoms. The lowest BCUT2D eigenvalue weighted by Crippen LogP contribution is -2.26. The highest BCUT2D eigenvalue weighted by Crippen LogP contribution is 2.26. The van der Waals surface area contributed by atoms with E-state index in [0.717, 1.165) is 31.1 Å². The summed E-state index contributed by atoms with van der Waals surface area (Å²) in [5.74, 6) is 0. The fourth-order valence-electron chi connectivity index (χ4n) is 2.56. The Morgan fingerprint density at radius 1 is 1.30 bits per heavy atom. The zero-order chi connectivity index (χ0) is 14.5. The molecule has 1 atom stereocenters. The van der Waals surface area contributed by atoms with Crippen LogP contribution in [-0.4, -0.2) is 41.6 Å². The van der Waals surface area contributed by atoms with Gasteiger partial charge in [0, 0.05) is 18.2 Å². The summed E-state index contributed by atoms with van der Waals surface area (Å²) in [7, 11) is 3.80. The molecule has 1 N–H and O–H groups in total. The van der Waals surface area contributed by atoms with Crippen LogP contribution in [0.2, 0.25) is 0 Å². The molecular formula is C16H22N2O2. The summed E-state index contributed by atoms with van der Waals surface area (Å²) < 4.78 is 2.02. The minimum atomic E-state index is -0.286. The minimum Gasteiger partial charge on any atom is -0.396 e. The SMILES string of the molecule is CN(C)C(C=O)n1cc(CCCCO)c2ccccc21. The number of benzene rings is 1. The van der Waals surface area contributed by atoms with Gasteiger partial charge in [0.25, 0.3) is 0 Å². The van der Waals surface area contributed by atoms with Crippen molar-refractivity contribution < 1.29 is 9.90 Å². The number of aldehydes is 1. The van der Waals surface area contributed by atoms with Crippen LogP contribution in [0, 0.1) is 0 Å². The Morgan fingerprint density at radius 2 is 2.05 bits per heavy atom. The van der Waals surface area contributed by atoms with Crippen LogP contribution in [0.25, 0.3) is 10.9 Å². The standard InChI is InChI=1S/C16H22N2O2/c1-17(2)16(12-20)18-11-13(7-5-6-10-19)14-8-3-4-9-15(14)18/h3-4,8-9,11-12,16,19H,5-7,10H2,1-2H3. The van der Waals surface area contributed by atoms with E-state index in [2.05, 4.69) is 12.3 Å². The van der Waals surface area contributed by atoms with Crippen molar-refractivity contribution in [3.05, 3.63) is 36.0 Å². The zero-order valence-corrected chi connectivity index (χ0v) is 12.1. The molecular weight excluding hydrogens is 252 g/mol. The normalized spacial score (nSPS) is 13.0. The minimum absolute atomic E-state index is 0.229. The molecule has 4 heteroatoms. The molecule has 0 saturated carbocycles. The summed E-state index contributed by atoms with van der Waals surface area (Å²) in [6.45, 7) is 0.229. The number of rotatable bonds is 7. The van der Waals surface area contributed by atoms with Gasteiger partial charge >= 0.3 is 0 Å². The van der Waals surface area contributed by atoms with Gasteiger partial charge in [-0.05, 0) is 45.0 Å². The van der Waals surface area contributed by atoms with Gasteiger partial charge in [-0.1, -0.05) is 18.2 Å². The smallest absolute Gasteiger partial charge is 0.157 e. The number of nitrogens with zero attached hydrogens (tertiary/aromatic N) is 2. The molecule has 4 nitrogen and oxygen atoms in total. The van der Waals surface area contributed by atoms with Crippen molar-refractivity contribution >= 4 is 17.2 Å². The van der Waals surface area contributed by atoms with E-state index >= 15 is 0 Å². The fourth-order valence-corrected chi connectivity index (χ4v) is 2.56. The molecule has 0 aliphatic rings. The molecule has 20 heavy (non-hydrogen) atoms. The average Bonchev–Trinajstić information content (AvgIpc) is 2.79. The van der Waals surface area contributed by atoms with Gasteiger partial charge in [0.2, 0.25) is 0 Å². The molecule has 1 aromatic carbocycles. The second kappa shape index (κ2) is 6.68. The molecule has 0 amide bonds. The van der Waals surface area contributed by atoms with Crippen molar-refractivity contribution in [2.45, 2.75) is 25.4 Å². The quantitative estimate of drug-likeness (QED) is 0.622. The number of carbonyl (C=O) groups is 1. The monoisotopic (exact) mass is 274 g/mol. The molecule has 0 spiro atoms. The van der Waals surface area contributed by atoms with Gasteiger partial charge in [-0.3, -0.25) is 9.69 Å². The van der Waals surface area contributed by atoms with E-state index in [0.29, 0.717) is 0 Å². The second-order valence-corrected chi connectivity index (χ2v) is 5.27. The number of aryl methyl sites for hydroxylation is 1. The molecule has 0 radical (unpaired) electrons. The summed E-state index contributed by atoms with van der Waals surface area (Å²) in [6, 6.07) is 8.16. The Balaban J connectivity index is 2.42. The number of hydrogen-bond donors (Lipinski definition) is 1. The number of hydrogen-bond acceptors (Lipinski definition) is 3. The van der Waals surface area contributed by atoms with E-state index in [1.54, 1.807) is 0 Å². The first-order valence-corrected chi connectivity index (χ1v) is 7.00. The van der Waals surface area contributed by atoms with Gasteiger partial charge in [0.15, 0.2) is 6.29 Å². The number of carbonyl (C=O) groups excluding carboxylic acids is 1. The lowest BCUT2D eigenvalue weighted by atomic mass is 10.1. The number of aliphatic hydroxyl groups excluding tert-OH is 1. The first-order chi connectivity index (χ1) is 9.69. The van der Waals surface area contributed by atoms with Crippen LogP contribution in [0.3, 0.4) is 0 Å². The van der Waals surface area contributed by atoms with Gasteiger partial charge in [0.1, 0.15) is 6.17 Å². The van der Waals surface area contributed by atoms with E-state index in [9.17, 15) is 4.79 Å². The second-order valence-electron chi connectivity index (χ2n) is 5.27. The lowest BCUT2D eigenvalue weighted by molar-refractivity contribution is -0.114. The van der Waals surface area contributed by atoms with Crippen LogP contribution in [0.4, 0.5) is 0 Å². The maximum absolute atomic E-state index is 11.4. The zero-order valence-electron chi connectivity index (χ0n) is 12.1. The Kier molecular flexibility index (Phi) is 4.93. The Labute approximate surface area is 119 Å². The van der Waals surface area contributed by atoms with E-state index in [1.165, 1.54) is 10.9 Å². The van der Waals surface area contributed by atoms with Crippen molar-refractivity contribution in [1.82, 2.24) is 9.47 Å². The summed E-state index contributed by atoms with van der Waals surface area (Å²) in [5, 5.41) is 10.1. The van der Waals surface area contributed by atoms with E-state index < -0.39 is 0 Å². The maximum Gasteiger partial charge on any atom is 0.157 e. The van der Waals surface area contributed by atoms with Crippen LogP contribution in [0.5, 0.6) is 0 Å². The maximum atomic E-state index is 11.4. The molecule has 0 fully saturated rings. The predicted molar refractivity (Wildman–Crippen MR) is 80.7 cm³/mol. The predicted octanol–water partition coefficient (Wildman–Crippen LogP) is 2.22. The lowest BCUT2D eigenvalue weighted by Gasteiger charge is -2.21. The number of aliphatic hydroxyl groups is 1. The number of fused-ring (bicyclic) bond motifs is 1. The van der Waals surface area contributed by atoms with Crippen molar-refractivity contribution in [1.29, 1.82) is 0 Å². The Bertz CT molecular complexity index is 575. The first-order valence-electron chi connectivity index (χ1n) is 7.00. The van der Waals surface area contributed by atoms with Gasteiger partial charge in [-0.15, -0.1) is 0 Å². The number of aromatic nitrogens is 1. The van der Waals surface area contributed by atoms with Gasteiger partial charge in [0.05, 0.1) is 5.52 Å². The molecule has 2 aromatic rings. The highest BCUT2D eigenvalue weighted by molar-refractivity contribution is 5.85. The fraction of sp³-hybridized carbons (Fsp3) is 0.438. The highest BCUT2D eigenvalue weighted by Gasteiger charge is 2.16. The molecule has 0 aliphatic heterocycles. The highest BCUT2D eigenvalue weighted by atomic mass is 16.2. The molecule has 1 unspecified atom stereocenters. The summed E-state index contributed by atoms with van der Waals surface area (Å²) in [4.78, 5) is 13.3. The van der Waals surface area contributed by atoms with Crippen molar-refractivity contribution in [3.8, 4) is 0 Å². The molecule has 1 aromatic heterocycles. The third kappa shape index (κ3) is 2.92. The van der Waals surface area contributed by atoms with Crippen molar-refractivity contribution in [2.75, 3.05) is 20.7 Å². The van der Waals surface area contributed by atoms with E-state index in [-0.39, 0.29) is 12.8 Å². The van der Waals surface area contributed by atoms with Gasteiger partial charge in [-0.25, -0.2) is 0 Å². The third-order valence-corrected chi connectivity index (χ3v) is 3.61.